The second-order valence-corrected chi connectivity index (χ2v) is 6.76. The maximum atomic E-state index is 12.6. The van der Waals surface area contributed by atoms with Gasteiger partial charge >= 0.3 is 5.97 Å². The zero-order valence-electron chi connectivity index (χ0n) is 15.6. The van der Waals surface area contributed by atoms with E-state index in [0.717, 1.165) is 18.1 Å². The largest absolute Gasteiger partial charge is 0.455 e. The number of nitro groups is 1. The van der Waals surface area contributed by atoms with Crippen molar-refractivity contribution in [3.63, 3.8) is 0 Å². The Morgan fingerprint density at radius 2 is 1.89 bits per heavy atom. The van der Waals surface area contributed by atoms with E-state index in [2.05, 4.69) is 5.32 Å². The van der Waals surface area contributed by atoms with Crippen LogP contribution in [0.1, 0.15) is 31.7 Å². The molecule has 28 heavy (non-hydrogen) atoms. The van der Waals surface area contributed by atoms with Gasteiger partial charge in [-0.05, 0) is 23.6 Å². The number of ether oxygens (including phenoxy) is 1. The molecule has 0 bridgehead atoms. The van der Waals surface area contributed by atoms with Gasteiger partial charge in [0.2, 0.25) is 0 Å². The second kappa shape index (κ2) is 9.85. The highest BCUT2D eigenvalue weighted by atomic mass is 35.5. The van der Waals surface area contributed by atoms with E-state index in [1.54, 1.807) is 0 Å². The molecule has 2 aromatic rings. The molecule has 0 aliphatic carbocycles. The van der Waals surface area contributed by atoms with Gasteiger partial charge in [-0.2, -0.15) is 0 Å². The van der Waals surface area contributed by atoms with Crippen molar-refractivity contribution in [3.05, 3.63) is 69.2 Å². The lowest BCUT2D eigenvalue weighted by atomic mass is 9.86. The number of halogens is 1. The number of carbonyl (C=O) groups excluding carboxylic acids is 2. The molecule has 0 spiro atoms. The van der Waals surface area contributed by atoms with Gasteiger partial charge in [0, 0.05) is 11.8 Å². The Balaban J connectivity index is 2.02. The van der Waals surface area contributed by atoms with Crippen molar-refractivity contribution < 1.29 is 19.2 Å². The molecule has 0 aliphatic heterocycles. The first-order chi connectivity index (χ1) is 13.3. The number of rotatable bonds is 8. The van der Waals surface area contributed by atoms with E-state index < -0.39 is 29.3 Å². The highest BCUT2D eigenvalue weighted by Gasteiger charge is 2.27. The molecular formula is C20H21ClN2O5. The van der Waals surface area contributed by atoms with E-state index in [-0.39, 0.29) is 22.3 Å². The van der Waals surface area contributed by atoms with Crippen molar-refractivity contribution in [2.24, 2.45) is 5.92 Å². The number of benzene rings is 2. The summed E-state index contributed by atoms with van der Waals surface area (Å²) in [6.45, 7) is 3.44. The minimum absolute atomic E-state index is 0.0336. The van der Waals surface area contributed by atoms with Crippen LogP contribution in [0.4, 0.5) is 11.4 Å². The van der Waals surface area contributed by atoms with Gasteiger partial charge in [-0.25, -0.2) is 0 Å². The molecule has 2 aromatic carbocycles. The summed E-state index contributed by atoms with van der Waals surface area (Å²) in [4.78, 5) is 34.9. The summed E-state index contributed by atoms with van der Waals surface area (Å²) < 4.78 is 5.21. The number of esters is 1. The predicted molar refractivity (Wildman–Crippen MR) is 106 cm³/mol. The van der Waals surface area contributed by atoms with Crippen molar-refractivity contribution in [2.45, 2.75) is 26.2 Å². The molecule has 0 aromatic heterocycles. The van der Waals surface area contributed by atoms with E-state index in [0.29, 0.717) is 0 Å². The zero-order valence-corrected chi connectivity index (χ0v) is 16.3. The Hall–Kier alpha value is -2.93. The van der Waals surface area contributed by atoms with Gasteiger partial charge < -0.3 is 10.1 Å². The van der Waals surface area contributed by atoms with Crippen LogP contribution in [-0.4, -0.2) is 23.4 Å². The minimum Gasteiger partial charge on any atom is -0.455 e. The molecule has 8 heteroatoms. The van der Waals surface area contributed by atoms with Crippen LogP contribution in [0.5, 0.6) is 0 Å². The number of hydrogen-bond acceptors (Lipinski definition) is 5. The number of nitro benzene ring substituents is 1. The average Bonchev–Trinajstić information content (AvgIpc) is 2.68. The standard InChI is InChI=1S/C20H21ClN2O5/c1-3-13(2)19(14-7-5-4-6-8-14)20(25)28-12-18(24)22-15-9-10-16(21)17(11-15)23(26)27/h4-11,13,19H,3,12H2,1-2H3,(H,22,24). The minimum atomic E-state index is -0.644. The van der Waals surface area contributed by atoms with Crippen LogP contribution in [0, 0.1) is 16.0 Å². The van der Waals surface area contributed by atoms with Gasteiger partial charge in [0.05, 0.1) is 10.8 Å². The summed E-state index contributed by atoms with van der Waals surface area (Å²) in [5, 5.41) is 13.3. The second-order valence-electron chi connectivity index (χ2n) is 6.35. The van der Waals surface area contributed by atoms with E-state index in [1.165, 1.54) is 12.1 Å². The first kappa shape index (κ1) is 21.4. The molecule has 2 rings (SSSR count). The fourth-order valence-electron chi connectivity index (χ4n) is 2.75. The smallest absolute Gasteiger partial charge is 0.314 e. The van der Waals surface area contributed by atoms with Crippen LogP contribution < -0.4 is 5.32 Å². The lowest BCUT2D eigenvalue weighted by Crippen LogP contribution is -2.26. The van der Waals surface area contributed by atoms with E-state index in [9.17, 15) is 19.7 Å². The van der Waals surface area contributed by atoms with E-state index >= 15 is 0 Å². The first-order valence-electron chi connectivity index (χ1n) is 8.78. The van der Waals surface area contributed by atoms with Crippen molar-refractivity contribution in [1.29, 1.82) is 0 Å². The topological polar surface area (TPSA) is 98.5 Å². The fraction of sp³-hybridized carbons (Fsp3) is 0.300. The Morgan fingerprint density at radius 1 is 1.21 bits per heavy atom. The van der Waals surface area contributed by atoms with Crippen LogP contribution in [0.15, 0.2) is 48.5 Å². The third kappa shape index (κ3) is 5.53. The molecular weight excluding hydrogens is 384 g/mol. The number of nitrogens with zero attached hydrogens (tertiary/aromatic N) is 1. The molecule has 0 saturated heterocycles. The molecule has 0 saturated carbocycles. The summed E-state index contributed by atoms with van der Waals surface area (Å²) in [7, 11) is 0. The lowest BCUT2D eigenvalue weighted by Gasteiger charge is -2.21. The molecule has 0 radical (unpaired) electrons. The molecule has 0 fully saturated rings. The van der Waals surface area contributed by atoms with Crippen LogP contribution in [0.3, 0.4) is 0 Å². The van der Waals surface area contributed by atoms with Crippen molar-refractivity contribution in [2.75, 3.05) is 11.9 Å². The van der Waals surface area contributed by atoms with Gasteiger partial charge in [0.1, 0.15) is 5.02 Å². The van der Waals surface area contributed by atoms with E-state index in [4.69, 9.17) is 16.3 Å². The predicted octanol–water partition coefficient (Wildman–Crippen LogP) is 4.56. The van der Waals surface area contributed by atoms with Crippen molar-refractivity contribution in [3.8, 4) is 0 Å². The number of carbonyl (C=O) groups is 2. The monoisotopic (exact) mass is 404 g/mol. The SMILES string of the molecule is CCC(C)C(C(=O)OCC(=O)Nc1ccc(Cl)c([N+](=O)[O-])c1)c1ccccc1. The highest BCUT2D eigenvalue weighted by Crippen LogP contribution is 2.29. The number of amides is 1. The molecule has 1 N–H and O–H groups in total. The van der Waals surface area contributed by atoms with Gasteiger partial charge in [-0.3, -0.25) is 19.7 Å². The third-order valence-electron chi connectivity index (χ3n) is 4.40. The van der Waals surface area contributed by atoms with Crippen molar-refractivity contribution in [1.82, 2.24) is 0 Å². The van der Waals surface area contributed by atoms with Crippen molar-refractivity contribution >= 4 is 34.9 Å². The fourth-order valence-corrected chi connectivity index (χ4v) is 2.93. The molecule has 0 aliphatic rings. The summed E-state index contributed by atoms with van der Waals surface area (Å²) in [5.74, 6) is -1.52. The zero-order chi connectivity index (χ0) is 20.7. The molecule has 2 unspecified atom stereocenters. The molecule has 1 amide bonds. The number of anilines is 1. The molecule has 148 valence electrons. The Kier molecular flexibility index (Phi) is 7.52. The Bertz CT molecular complexity index is 857. The van der Waals surface area contributed by atoms with Gasteiger partial charge in [0.25, 0.3) is 11.6 Å². The van der Waals surface area contributed by atoms with Crippen LogP contribution >= 0.6 is 11.6 Å². The normalized spacial score (nSPS) is 12.7. The first-order valence-corrected chi connectivity index (χ1v) is 9.16. The average molecular weight is 405 g/mol. The van der Waals surface area contributed by atoms with Gasteiger partial charge in [-0.1, -0.05) is 62.2 Å². The highest BCUT2D eigenvalue weighted by molar-refractivity contribution is 6.32. The summed E-state index contributed by atoms with van der Waals surface area (Å²) in [5.41, 5.74) is 0.701. The Morgan fingerprint density at radius 3 is 2.50 bits per heavy atom. The summed E-state index contributed by atoms with van der Waals surface area (Å²) >= 11 is 5.74. The van der Waals surface area contributed by atoms with Gasteiger partial charge in [-0.15, -0.1) is 0 Å². The summed E-state index contributed by atoms with van der Waals surface area (Å²) in [6, 6.07) is 13.2. The van der Waals surface area contributed by atoms with Crippen LogP contribution in [0.25, 0.3) is 0 Å². The third-order valence-corrected chi connectivity index (χ3v) is 4.72. The maximum Gasteiger partial charge on any atom is 0.314 e. The summed E-state index contributed by atoms with van der Waals surface area (Å²) in [6.07, 6.45) is 0.773. The molecule has 7 nitrogen and oxygen atoms in total. The number of nitrogens with one attached hydrogen (secondary N) is 1. The van der Waals surface area contributed by atoms with Gasteiger partial charge in [0.15, 0.2) is 6.61 Å². The van der Waals surface area contributed by atoms with Crippen LogP contribution in [-0.2, 0) is 14.3 Å². The molecule has 0 heterocycles. The van der Waals surface area contributed by atoms with Crippen LogP contribution in [0.2, 0.25) is 5.02 Å². The molecule has 2 atom stereocenters. The van der Waals surface area contributed by atoms with E-state index in [1.807, 2.05) is 44.2 Å². The Labute approximate surface area is 167 Å². The maximum absolute atomic E-state index is 12.6. The lowest BCUT2D eigenvalue weighted by molar-refractivity contribution is -0.384. The number of hydrogen-bond donors (Lipinski definition) is 1. The quantitative estimate of drug-likeness (QED) is 0.395.